The van der Waals surface area contributed by atoms with E-state index in [1.54, 1.807) is 30.7 Å². The van der Waals surface area contributed by atoms with Crippen LogP contribution in [0.15, 0.2) is 91.4 Å². The molecule has 2 aromatic carbocycles. The van der Waals surface area contributed by atoms with E-state index in [2.05, 4.69) is 20.6 Å². The third-order valence-corrected chi connectivity index (χ3v) is 7.23. The van der Waals surface area contributed by atoms with Gasteiger partial charge in [-0.25, -0.2) is 14.8 Å². The molecule has 44 heavy (non-hydrogen) atoms. The number of benzene rings is 2. The third kappa shape index (κ3) is 7.82. The number of hydrogen-bond acceptors (Lipinski definition) is 8. The van der Waals surface area contributed by atoms with Gasteiger partial charge in [-0.05, 0) is 41.7 Å². The fourth-order valence-corrected chi connectivity index (χ4v) is 5.03. The summed E-state index contributed by atoms with van der Waals surface area (Å²) in [6.45, 7) is 0.756. The summed E-state index contributed by atoms with van der Waals surface area (Å²) in [5.41, 5.74) is 4.83. The third-order valence-electron chi connectivity index (χ3n) is 7.23. The van der Waals surface area contributed by atoms with Crippen LogP contribution in [0.3, 0.4) is 0 Å². The molecule has 1 aliphatic rings. The highest BCUT2D eigenvalue weighted by molar-refractivity contribution is 5.94. The van der Waals surface area contributed by atoms with Gasteiger partial charge in [-0.15, -0.1) is 0 Å². The van der Waals surface area contributed by atoms with Crippen LogP contribution in [0.4, 0.5) is 22.1 Å². The van der Waals surface area contributed by atoms with E-state index in [9.17, 15) is 19.5 Å². The molecule has 11 nitrogen and oxygen atoms in total. The zero-order valence-electron chi connectivity index (χ0n) is 24.1. The monoisotopic (exact) mass is 592 g/mol. The maximum atomic E-state index is 13.3. The molecule has 0 spiro atoms. The number of esters is 1. The molecule has 0 unspecified atom stereocenters. The van der Waals surface area contributed by atoms with E-state index < -0.39 is 18.0 Å². The van der Waals surface area contributed by atoms with Gasteiger partial charge in [0.15, 0.2) is 0 Å². The second kappa shape index (κ2) is 14.1. The van der Waals surface area contributed by atoms with Crippen molar-refractivity contribution in [3.8, 4) is 11.3 Å². The molecule has 0 saturated heterocycles. The summed E-state index contributed by atoms with van der Waals surface area (Å²) in [5, 5.41) is 15.4. The molecule has 11 heteroatoms. The average Bonchev–Trinajstić information content (AvgIpc) is 3.05. The molecular formula is C33H32N6O5. The number of aromatic nitrogens is 3. The number of nitrogens with zero attached hydrogens (tertiary/aromatic N) is 4. The Morgan fingerprint density at radius 2 is 1.82 bits per heavy atom. The molecule has 1 aliphatic heterocycles. The zero-order valence-corrected chi connectivity index (χ0v) is 24.1. The highest BCUT2D eigenvalue weighted by Crippen LogP contribution is 2.30. The van der Waals surface area contributed by atoms with E-state index >= 15 is 0 Å². The second-order valence-electron chi connectivity index (χ2n) is 10.3. The molecule has 0 bridgehead atoms. The van der Waals surface area contributed by atoms with Crippen LogP contribution in [0, 0.1) is 5.92 Å². The lowest BCUT2D eigenvalue weighted by atomic mass is 9.95. The van der Waals surface area contributed by atoms with Crippen molar-refractivity contribution in [2.75, 3.05) is 30.8 Å². The highest BCUT2D eigenvalue weighted by atomic mass is 16.5. The van der Waals surface area contributed by atoms with Crippen LogP contribution in [0.2, 0.25) is 0 Å². The molecule has 224 valence electrons. The summed E-state index contributed by atoms with van der Waals surface area (Å²) in [6.07, 6.45) is 6.58. The lowest BCUT2D eigenvalue weighted by Crippen LogP contribution is -2.33. The Kier molecular flexibility index (Phi) is 9.55. The molecule has 0 fully saturated rings. The molecule has 0 radical (unpaired) electrons. The van der Waals surface area contributed by atoms with Crippen molar-refractivity contribution < 1.29 is 24.2 Å². The normalized spacial score (nSPS) is 13.4. The fraction of sp³-hybridized carbons (Fsp3) is 0.212. The summed E-state index contributed by atoms with van der Waals surface area (Å²) in [4.78, 5) is 51.6. The number of amides is 2. The van der Waals surface area contributed by atoms with Gasteiger partial charge in [-0.1, -0.05) is 54.6 Å². The Morgan fingerprint density at radius 1 is 1.00 bits per heavy atom. The van der Waals surface area contributed by atoms with Crippen molar-refractivity contribution >= 4 is 40.9 Å². The van der Waals surface area contributed by atoms with Gasteiger partial charge >= 0.3 is 12.1 Å². The van der Waals surface area contributed by atoms with Crippen LogP contribution in [0.25, 0.3) is 16.8 Å². The van der Waals surface area contributed by atoms with Crippen molar-refractivity contribution in [3.05, 3.63) is 103 Å². The van der Waals surface area contributed by atoms with Gasteiger partial charge in [0.2, 0.25) is 5.91 Å². The number of rotatable bonds is 10. The average molecular weight is 593 g/mol. The molecule has 2 aromatic heterocycles. The van der Waals surface area contributed by atoms with Crippen LogP contribution in [0.5, 0.6) is 0 Å². The summed E-state index contributed by atoms with van der Waals surface area (Å²) in [7, 11) is 1.32. The SMILES string of the molecule is COC(=O)[C@H](CC(=O)Nc1cc(Nc2cnccn2)nc(-c2cccc(C3=CCN(C(=O)O)CC3)c2)c1)Cc1ccccc1. The number of ether oxygens (including phenoxy) is 1. The van der Waals surface area contributed by atoms with Crippen molar-refractivity contribution in [3.63, 3.8) is 0 Å². The second-order valence-corrected chi connectivity index (χ2v) is 10.3. The van der Waals surface area contributed by atoms with Crippen LogP contribution in [0.1, 0.15) is 24.0 Å². The van der Waals surface area contributed by atoms with Crippen LogP contribution in [-0.2, 0) is 20.7 Å². The number of methoxy groups -OCH3 is 1. The Balaban J connectivity index is 1.41. The lowest BCUT2D eigenvalue weighted by Gasteiger charge is -2.24. The van der Waals surface area contributed by atoms with Gasteiger partial charge in [0.05, 0.1) is 24.9 Å². The first-order chi connectivity index (χ1) is 21.4. The van der Waals surface area contributed by atoms with Crippen molar-refractivity contribution in [1.82, 2.24) is 19.9 Å². The van der Waals surface area contributed by atoms with Crippen LogP contribution < -0.4 is 10.6 Å². The zero-order chi connectivity index (χ0) is 30.9. The molecule has 5 rings (SSSR count). The predicted octanol–water partition coefficient (Wildman–Crippen LogP) is 5.41. The minimum atomic E-state index is -0.932. The van der Waals surface area contributed by atoms with Gasteiger partial charge < -0.3 is 25.4 Å². The first-order valence-corrected chi connectivity index (χ1v) is 14.1. The van der Waals surface area contributed by atoms with Crippen molar-refractivity contribution in [1.29, 1.82) is 0 Å². The number of nitrogens with one attached hydrogen (secondary N) is 2. The molecule has 4 aromatic rings. The summed E-state index contributed by atoms with van der Waals surface area (Å²) in [6, 6.07) is 20.8. The summed E-state index contributed by atoms with van der Waals surface area (Å²) < 4.78 is 4.99. The lowest BCUT2D eigenvalue weighted by molar-refractivity contribution is -0.146. The number of pyridine rings is 1. The number of carbonyl (C=O) groups is 3. The van der Waals surface area contributed by atoms with E-state index in [4.69, 9.17) is 9.72 Å². The molecule has 3 heterocycles. The van der Waals surface area contributed by atoms with E-state index in [1.807, 2.05) is 60.7 Å². The minimum Gasteiger partial charge on any atom is -0.469 e. The maximum absolute atomic E-state index is 13.3. The minimum absolute atomic E-state index is 0.0663. The Bertz CT molecular complexity index is 1660. The molecule has 2 amide bonds. The van der Waals surface area contributed by atoms with Crippen LogP contribution >= 0.6 is 0 Å². The topological polar surface area (TPSA) is 147 Å². The van der Waals surface area contributed by atoms with Gasteiger partial charge in [-0.3, -0.25) is 14.6 Å². The van der Waals surface area contributed by atoms with Gasteiger partial charge in [0, 0.05) is 49.2 Å². The molecule has 3 N–H and O–H groups in total. The summed E-state index contributed by atoms with van der Waals surface area (Å²) >= 11 is 0. The van der Waals surface area contributed by atoms with E-state index in [-0.39, 0.29) is 12.3 Å². The number of carboxylic acid groups (broad SMARTS) is 1. The quantitative estimate of drug-likeness (QED) is 0.206. The maximum Gasteiger partial charge on any atom is 0.407 e. The first kappa shape index (κ1) is 29.9. The number of anilines is 3. The smallest absolute Gasteiger partial charge is 0.407 e. The largest absolute Gasteiger partial charge is 0.469 e. The Morgan fingerprint density at radius 3 is 2.52 bits per heavy atom. The van der Waals surface area contributed by atoms with Crippen molar-refractivity contribution in [2.45, 2.75) is 19.3 Å². The Hall–Kier alpha value is -5.58. The van der Waals surface area contributed by atoms with Gasteiger partial charge in [0.25, 0.3) is 0 Å². The number of hydrogen-bond donors (Lipinski definition) is 3. The standard InChI is InChI=1S/C33H32N6O5/c1-44-32(41)26(16-22-6-3-2-4-7-22)18-31(40)36-27-19-28(37-29(20-27)38-30-21-34-12-13-35-30)25-9-5-8-24(17-25)23-10-14-39(15-11-23)33(42)43/h2-10,12-13,17,19-21,26H,11,14-16,18H2,1H3,(H,42,43)(H2,35,36,37,38,40)/t26-/m0/s1. The first-order valence-electron chi connectivity index (χ1n) is 14.1. The van der Waals surface area contributed by atoms with E-state index in [0.29, 0.717) is 48.9 Å². The van der Waals surface area contributed by atoms with Crippen LogP contribution in [-0.4, -0.2) is 63.1 Å². The Labute approximate surface area is 254 Å². The molecule has 0 aliphatic carbocycles. The molecule has 0 saturated carbocycles. The predicted molar refractivity (Wildman–Crippen MR) is 166 cm³/mol. The highest BCUT2D eigenvalue weighted by Gasteiger charge is 2.24. The van der Waals surface area contributed by atoms with Gasteiger partial charge in [0.1, 0.15) is 11.6 Å². The summed E-state index contributed by atoms with van der Waals surface area (Å²) in [5.74, 6) is -0.537. The molecular weight excluding hydrogens is 560 g/mol. The van der Waals surface area contributed by atoms with Gasteiger partial charge in [-0.2, -0.15) is 0 Å². The molecule has 1 atom stereocenters. The number of carbonyl (C=O) groups excluding carboxylic acids is 2. The van der Waals surface area contributed by atoms with E-state index in [1.165, 1.54) is 12.0 Å². The van der Waals surface area contributed by atoms with E-state index in [0.717, 1.165) is 22.3 Å². The fourth-order valence-electron chi connectivity index (χ4n) is 5.03. The van der Waals surface area contributed by atoms with Crippen molar-refractivity contribution in [2.24, 2.45) is 5.92 Å².